The predicted octanol–water partition coefficient (Wildman–Crippen LogP) is 5.61. The quantitative estimate of drug-likeness (QED) is 0.193. The van der Waals surface area contributed by atoms with Gasteiger partial charge in [-0.2, -0.15) is 0 Å². The molecule has 1 aliphatic rings. The maximum atomic E-state index is 12.8. The van der Waals surface area contributed by atoms with Gasteiger partial charge in [-0.1, -0.05) is 18.2 Å². The molecule has 1 heterocycles. The number of carbonyl (C=O) groups excluding carboxylic acids is 2. The van der Waals surface area contributed by atoms with Crippen molar-refractivity contribution in [3.05, 3.63) is 98.4 Å². The van der Waals surface area contributed by atoms with Gasteiger partial charge in [-0.25, -0.2) is 0 Å². The van der Waals surface area contributed by atoms with Crippen LogP contribution < -0.4 is 14.2 Å². The molecule has 0 spiro atoms. The first-order chi connectivity index (χ1) is 17.8. The molecule has 3 aromatic rings. The summed E-state index contributed by atoms with van der Waals surface area (Å²) < 4.78 is 16.9. The zero-order valence-electron chi connectivity index (χ0n) is 20.2. The lowest BCUT2D eigenvalue weighted by Crippen LogP contribution is -2.32. The van der Waals surface area contributed by atoms with Crippen molar-refractivity contribution >= 4 is 34.7 Å². The molecule has 0 bridgehead atoms. The van der Waals surface area contributed by atoms with Gasteiger partial charge in [0.15, 0.2) is 11.5 Å². The van der Waals surface area contributed by atoms with Crippen molar-refractivity contribution in [1.82, 2.24) is 4.90 Å². The zero-order chi connectivity index (χ0) is 26.4. The van der Waals surface area contributed by atoms with Gasteiger partial charge in [0, 0.05) is 12.1 Å². The van der Waals surface area contributed by atoms with Crippen molar-refractivity contribution < 1.29 is 28.7 Å². The first-order valence-corrected chi connectivity index (χ1v) is 12.1. The molecular weight excluding hydrogens is 496 g/mol. The second-order valence-electron chi connectivity index (χ2n) is 8.12. The third-order valence-electron chi connectivity index (χ3n) is 5.47. The highest BCUT2D eigenvalue weighted by molar-refractivity contribution is 8.18. The molecule has 0 atom stereocenters. The van der Waals surface area contributed by atoms with Gasteiger partial charge < -0.3 is 14.2 Å². The summed E-state index contributed by atoms with van der Waals surface area (Å²) in [5.41, 5.74) is 2.50. The fourth-order valence-corrected chi connectivity index (χ4v) is 4.44. The Morgan fingerprint density at radius 1 is 1.00 bits per heavy atom. The summed E-state index contributed by atoms with van der Waals surface area (Å²) in [7, 11) is 1.50. The van der Waals surface area contributed by atoms with E-state index in [-0.39, 0.29) is 36.6 Å². The summed E-state index contributed by atoms with van der Waals surface area (Å²) >= 11 is 0.877. The lowest BCUT2D eigenvalue weighted by atomic mass is 10.1. The minimum absolute atomic E-state index is 0.00824. The molecule has 2 amide bonds. The highest BCUT2D eigenvalue weighted by Crippen LogP contribution is 2.34. The molecule has 4 rings (SSSR count). The number of thioether (sulfide) groups is 1. The Hall–Kier alpha value is -4.31. The average molecular weight is 521 g/mol. The van der Waals surface area contributed by atoms with Crippen LogP contribution in [0.1, 0.15) is 16.7 Å². The summed E-state index contributed by atoms with van der Waals surface area (Å²) in [5.74, 6) is 1.23. The molecule has 0 aliphatic carbocycles. The topological polar surface area (TPSA) is 108 Å². The molecule has 1 aliphatic heterocycles. The molecule has 10 heteroatoms. The van der Waals surface area contributed by atoms with Gasteiger partial charge in [-0.05, 0) is 77.9 Å². The summed E-state index contributed by atoms with van der Waals surface area (Å²) in [5, 5.41) is 10.5. The number of ether oxygens (including phenoxy) is 3. The number of nitro benzene ring substituents is 1. The SMILES string of the molecule is COc1cc(/C=C2\SC(=O)N(CCOc3cccc(C)c3)C2=O)ccc1OCc1ccc([N+](=O)[O-])cc1. The van der Waals surface area contributed by atoms with E-state index >= 15 is 0 Å². The van der Waals surface area contributed by atoms with Gasteiger partial charge in [0.05, 0.1) is 23.5 Å². The van der Waals surface area contributed by atoms with Gasteiger partial charge in [0.1, 0.15) is 19.0 Å². The fraction of sp³-hybridized carbons (Fsp3) is 0.185. The molecule has 0 radical (unpaired) electrons. The van der Waals surface area contributed by atoms with Crippen LogP contribution >= 0.6 is 11.8 Å². The van der Waals surface area contributed by atoms with Crippen molar-refractivity contribution in [3.63, 3.8) is 0 Å². The molecule has 1 fully saturated rings. The van der Waals surface area contributed by atoms with Crippen LogP contribution in [0.4, 0.5) is 10.5 Å². The van der Waals surface area contributed by atoms with Crippen LogP contribution in [-0.2, 0) is 11.4 Å². The second-order valence-corrected chi connectivity index (χ2v) is 9.11. The van der Waals surface area contributed by atoms with Gasteiger partial charge in [0.25, 0.3) is 16.8 Å². The lowest BCUT2D eigenvalue weighted by molar-refractivity contribution is -0.384. The highest BCUT2D eigenvalue weighted by atomic mass is 32.2. The Bertz CT molecular complexity index is 1360. The normalized spacial score (nSPS) is 14.2. The number of benzene rings is 3. The Morgan fingerprint density at radius 2 is 1.78 bits per heavy atom. The van der Waals surface area contributed by atoms with Crippen LogP contribution in [-0.4, -0.2) is 41.2 Å². The van der Waals surface area contributed by atoms with E-state index in [4.69, 9.17) is 14.2 Å². The number of carbonyl (C=O) groups is 2. The third-order valence-corrected chi connectivity index (χ3v) is 6.38. The van der Waals surface area contributed by atoms with Crippen molar-refractivity contribution in [2.45, 2.75) is 13.5 Å². The number of non-ortho nitro benzene ring substituents is 1. The smallest absolute Gasteiger partial charge is 0.293 e. The molecule has 0 N–H and O–H groups in total. The lowest BCUT2D eigenvalue weighted by Gasteiger charge is -2.13. The number of aryl methyl sites for hydroxylation is 1. The average Bonchev–Trinajstić information content (AvgIpc) is 3.15. The number of nitrogens with zero attached hydrogens (tertiary/aromatic N) is 2. The van der Waals surface area contributed by atoms with Crippen LogP contribution in [0.3, 0.4) is 0 Å². The Labute approximate surface area is 217 Å². The number of methoxy groups -OCH3 is 1. The van der Waals surface area contributed by atoms with Crippen molar-refractivity contribution in [2.75, 3.05) is 20.3 Å². The maximum absolute atomic E-state index is 12.8. The van der Waals surface area contributed by atoms with Crippen LogP contribution in [0.15, 0.2) is 71.6 Å². The molecule has 9 nitrogen and oxygen atoms in total. The van der Waals surface area contributed by atoms with Gasteiger partial charge in [-0.3, -0.25) is 24.6 Å². The van der Waals surface area contributed by atoms with Crippen molar-refractivity contribution in [3.8, 4) is 17.2 Å². The number of nitro groups is 1. The minimum atomic E-state index is -0.458. The summed E-state index contributed by atoms with van der Waals surface area (Å²) in [6.07, 6.45) is 1.63. The number of hydrogen-bond acceptors (Lipinski definition) is 8. The largest absolute Gasteiger partial charge is 0.493 e. The molecular formula is C27H24N2O7S. The van der Waals surface area contributed by atoms with Gasteiger partial charge in [-0.15, -0.1) is 0 Å². The fourth-order valence-electron chi connectivity index (χ4n) is 3.57. The predicted molar refractivity (Wildman–Crippen MR) is 140 cm³/mol. The van der Waals surface area contributed by atoms with Crippen LogP contribution in [0, 0.1) is 17.0 Å². The Kier molecular flexibility index (Phi) is 8.09. The van der Waals surface area contributed by atoms with E-state index in [9.17, 15) is 19.7 Å². The molecule has 0 saturated carbocycles. The Morgan fingerprint density at radius 3 is 2.49 bits per heavy atom. The van der Waals surface area contributed by atoms with Gasteiger partial charge >= 0.3 is 0 Å². The maximum Gasteiger partial charge on any atom is 0.293 e. The van der Waals surface area contributed by atoms with E-state index in [1.807, 2.05) is 31.2 Å². The highest BCUT2D eigenvalue weighted by Gasteiger charge is 2.34. The van der Waals surface area contributed by atoms with Crippen LogP contribution in [0.25, 0.3) is 6.08 Å². The molecule has 0 aromatic heterocycles. The molecule has 0 unspecified atom stereocenters. The van der Waals surface area contributed by atoms with E-state index in [1.54, 1.807) is 36.4 Å². The van der Waals surface area contributed by atoms with E-state index in [2.05, 4.69) is 0 Å². The Balaban J connectivity index is 1.38. The number of hydrogen-bond donors (Lipinski definition) is 0. The standard InChI is InChI=1S/C27H24N2O7S/c1-18-4-3-5-22(14-18)35-13-12-28-26(30)25(37-27(28)31)16-20-8-11-23(24(15-20)34-2)36-17-19-6-9-21(10-7-19)29(32)33/h3-11,14-16H,12-13,17H2,1-2H3/b25-16-. The molecule has 190 valence electrons. The first-order valence-electron chi connectivity index (χ1n) is 11.3. The van der Waals surface area contributed by atoms with E-state index in [0.717, 1.165) is 22.9 Å². The summed E-state index contributed by atoms with van der Waals surface area (Å²) in [4.78, 5) is 37.1. The van der Waals surface area contributed by atoms with Crippen molar-refractivity contribution in [2.24, 2.45) is 0 Å². The van der Waals surface area contributed by atoms with E-state index < -0.39 is 4.92 Å². The number of rotatable bonds is 10. The summed E-state index contributed by atoms with van der Waals surface area (Å²) in [6.45, 7) is 2.50. The molecule has 3 aromatic carbocycles. The molecule has 1 saturated heterocycles. The van der Waals surface area contributed by atoms with Crippen molar-refractivity contribution in [1.29, 1.82) is 0 Å². The van der Waals surface area contributed by atoms with Crippen LogP contribution in [0.5, 0.6) is 17.2 Å². The number of imide groups is 1. The van der Waals surface area contributed by atoms with Gasteiger partial charge in [0.2, 0.25) is 0 Å². The second kappa shape index (κ2) is 11.6. The van der Waals surface area contributed by atoms with E-state index in [0.29, 0.717) is 27.7 Å². The molecule has 37 heavy (non-hydrogen) atoms. The zero-order valence-corrected chi connectivity index (χ0v) is 21.0. The van der Waals surface area contributed by atoms with E-state index in [1.165, 1.54) is 24.1 Å². The number of amides is 2. The minimum Gasteiger partial charge on any atom is -0.493 e. The third kappa shape index (κ3) is 6.47. The monoisotopic (exact) mass is 520 g/mol. The summed E-state index contributed by atoms with van der Waals surface area (Å²) in [6, 6.07) is 18.8. The van der Waals surface area contributed by atoms with Crippen LogP contribution in [0.2, 0.25) is 0 Å². The first kappa shape index (κ1) is 25.8.